The number of hydrogen-bond donors (Lipinski definition) is 0. The molecule has 0 aromatic rings. The molecule has 0 N–H and O–H groups in total. The number of esters is 2. The van der Waals surface area contributed by atoms with Gasteiger partial charge < -0.3 is 9.47 Å². The molecule has 0 aliphatic rings. The summed E-state index contributed by atoms with van der Waals surface area (Å²) in [7, 11) is 0. The zero-order valence-corrected chi connectivity index (χ0v) is 22.5. The van der Waals surface area contributed by atoms with Crippen LogP contribution in [0.15, 0.2) is 0 Å². The molecule has 1 atom stereocenters. The smallest absolute Gasteiger partial charge is 0.306 e. The van der Waals surface area contributed by atoms with Crippen LogP contribution in [0.25, 0.3) is 0 Å². The number of rotatable bonds is 25. The van der Waals surface area contributed by atoms with Crippen LogP contribution in [-0.2, 0) is 19.1 Å². The molecule has 33 heavy (non-hydrogen) atoms. The predicted molar refractivity (Wildman–Crippen MR) is 139 cm³/mol. The van der Waals surface area contributed by atoms with Gasteiger partial charge in [0.15, 0.2) is 0 Å². The summed E-state index contributed by atoms with van der Waals surface area (Å²) in [5.41, 5.74) is 0. The minimum absolute atomic E-state index is 0.0138. The second-order valence-corrected chi connectivity index (χ2v) is 9.95. The van der Waals surface area contributed by atoms with Crippen molar-refractivity contribution in [3.63, 3.8) is 0 Å². The van der Waals surface area contributed by atoms with E-state index in [0.29, 0.717) is 32.0 Å². The van der Waals surface area contributed by atoms with Crippen molar-refractivity contribution in [2.24, 2.45) is 5.92 Å². The molecule has 196 valence electrons. The number of ether oxygens (including phenoxy) is 2. The van der Waals surface area contributed by atoms with Crippen molar-refractivity contribution in [3.05, 3.63) is 0 Å². The summed E-state index contributed by atoms with van der Waals surface area (Å²) < 4.78 is 10.6. The molecule has 0 bridgehead atoms. The fourth-order valence-electron chi connectivity index (χ4n) is 4.12. The Hall–Kier alpha value is -1.06. The van der Waals surface area contributed by atoms with Gasteiger partial charge in [-0.15, -0.1) is 0 Å². The molecule has 0 saturated heterocycles. The number of hydrogen-bond acceptors (Lipinski definition) is 4. The first kappa shape index (κ1) is 31.9. The molecular formula is C29H56O4. The first-order valence-corrected chi connectivity index (χ1v) is 14.4. The van der Waals surface area contributed by atoms with Gasteiger partial charge in [0.2, 0.25) is 0 Å². The monoisotopic (exact) mass is 468 g/mol. The Bertz CT molecular complexity index is 435. The summed E-state index contributed by atoms with van der Waals surface area (Å²) in [6.45, 7) is 7.75. The third kappa shape index (κ3) is 25.4. The molecule has 4 nitrogen and oxygen atoms in total. The predicted octanol–water partition coefficient (Wildman–Crippen LogP) is 8.94. The van der Waals surface area contributed by atoms with Crippen LogP contribution in [0.5, 0.6) is 0 Å². The first-order valence-electron chi connectivity index (χ1n) is 14.4. The standard InChI is InChI=1S/C29H56O4/c1-4-6-8-20-24-32-28(30)23-19-17-15-13-11-10-12-14-16-18-22-27(3)26-29(31)33-25-21-9-7-5-2/h27H,4-26H2,1-3H3. The van der Waals surface area contributed by atoms with Crippen molar-refractivity contribution in [1.82, 2.24) is 0 Å². The maximum Gasteiger partial charge on any atom is 0.306 e. The fraction of sp³-hybridized carbons (Fsp3) is 0.931. The molecule has 0 amide bonds. The lowest BCUT2D eigenvalue weighted by Crippen LogP contribution is -2.10. The van der Waals surface area contributed by atoms with Crippen molar-refractivity contribution >= 4 is 11.9 Å². The third-order valence-electron chi connectivity index (χ3n) is 6.36. The van der Waals surface area contributed by atoms with Crippen molar-refractivity contribution < 1.29 is 19.1 Å². The summed E-state index contributed by atoms with van der Waals surface area (Å²) in [6.07, 6.45) is 23.9. The largest absolute Gasteiger partial charge is 0.466 e. The van der Waals surface area contributed by atoms with Gasteiger partial charge in [0.05, 0.1) is 13.2 Å². The highest BCUT2D eigenvalue weighted by Gasteiger charge is 2.10. The van der Waals surface area contributed by atoms with Crippen LogP contribution in [0.4, 0.5) is 0 Å². The molecule has 4 heteroatoms. The molecule has 0 radical (unpaired) electrons. The normalized spacial score (nSPS) is 12.0. The fourth-order valence-corrected chi connectivity index (χ4v) is 4.12. The van der Waals surface area contributed by atoms with E-state index in [1.165, 1.54) is 83.5 Å². The van der Waals surface area contributed by atoms with E-state index >= 15 is 0 Å². The average molecular weight is 469 g/mol. The molecule has 0 fully saturated rings. The van der Waals surface area contributed by atoms with Gasteiger partial charge in [-0.2, -0.15) is 0 Å². The van der Waals surface area contributed by atoms with Gasteiger partial charge in [0.25, 0.3) is 0 Å². The second kappa shape index (κ2) is 25.6. The van der Waals surface area contributed by atoms with E-state index in [2.05, 4.69) is 20.8 Å². The minimum Gasteiger partial charge on any atom is -0.466 e. The molecule has 0 aliphatic carbocycles. The lowest BCUT2D eigenvalue weighted by molar-refractivity contribution is -0.145. The summed E-state index contributed by atoms with van der Waals surface area (Å²) >= 11 is 0. The summed E-state index contributed by atoms with van der Waals surface area (Å²) in [5.74, 6) is 0.407. The maximum atomic E-state index is 11.8. The number of carbonyl (C=O) groups is 2. The SMILES string of the molecule is CCCCCCOC(=O)CCCCCCCCCCCCC(C)CC(=O)OCCCCCC. The van der Waals surface area contributed by atoms with Crippen LogP contribution >= 0.6 is 0 Å². The summed E-state index contributed by atoms with van der Waals surface area (Å²) in [6, 6.07) is 0. The Balaban J connectivity index is 3.31. The van der Waals surface area contributed by atoms with E-state index in [-0.39, 0.29) is 11.9 Å². The topological polar surface area (TPSA) is 52.6 Å². The van der Waals surface area contributed by atoms with E-state index in [9.17, 15) is 9.59 Å². The van der Waals surface area contributed by atoms with Crippen molar-refractivity contribution in [3.8, 4) is 0 Å². The van der Waals surface area contributed by atoms with Gasteiger partial charge in [-0.25, -0.2) is 0 Å². The van der Waals surface area contributed by atoms with Gasteiger partial charge in [0, 0.05) is 12.8 Å². The van der Waals surface area contributed by atoms with Gasteiger partial charge in [-0.3, -0.25) is 9.59 Å². The van der Waals surface area contributed by atoms with Crippen molar-refractivity contribution in [1.29, 1.82) is 0 Å². The summed E-state index contributed by atoms with van der Waals surface area (Å²) in [4.78, 5) is 23.5. The highest BCUT2D eigenvalue weighted by Crippen LogP contribution is 2.16. The Labute approximate surface area is 206 Å². The van der Waals surface area contributed by atoms with Gasteiger partial charge in [-0.05, 0) is 25.2 Å². The second-order valence-electron chi connectivity index (χ2n) is 9.95. The Morgan fingerprint density at radius 2 is 0.970 bits per heavy atom. The zero-order chi connectivity index (χ0) is 24.4. The van der Waals surface area contributed by atoms with Gasteiger partial charge in [-0.1, -0.05) is 124 Å². The zero-order valence-electron chi connectivity index (χ0n) is 22.5. The molecule has 0 aromatic heterocycles. The van der Waals surface area contributed by atoms with Gasteiger partial charge in [0.1, 0.15) is 0 Å². The van der Waals surface area contributed by atoms with Gasteiger partial charge >= 0.3 is 11.9 Å². The molecule has 0 aromatic carbocycles. The third-order valence-corrected chi connectivity index (χ3v) is 6.36. The average Bonchev–Trinajstić information content (AvgIpc) is 2.79. The lowest BCUT2D eigenvalue weighted by atomic mass is 9.99. The quantitative estimate of drug-likeness (QED) is 0.0991. The van der Waals surface area contributed by atoms with Crippen molar-refractivity contribution in [2.45, 2.75) is 156 Å². The molecule has 0 rings (SSSR count). The lowest BCUT2D eigenvalue weighted by Gasteiger charge is -2.11. The number of unbranched alkanes of at least 4 members (excludes halogenated alkanes) is 15. The molecule has 0 spiro atoms. The summed E-state index contributed by atoms with van der Waals surface area (Å²) in [5, 5.41) is 0. The highest BCUT2D eigenvalue weighted by atomic mass is 16.5. The Kier molecular flexibility index (Phi) is 24.7. The molecule has 0 heterocycles. The van der Waals surface area contributed by atoms with Crippen LogP contribution in [0, 0.1) is 5.92 Å². The Morgan fingerprint density at radius 3 is 1.48 bits per heavy atom. The Morgan fingerprint density at radius 1 is 0.545 bits per heavy atom. The van der Waals surface area contributed by atoms with Crippen LogP contribution in [0.3, 0.4) is 0 Å². The molecule has 1 unspecified atom stereocenters. The highest BCUT2D eigenvalue weighted by molar-refractivity contribution is 5.69. The van der Waals surface area contributed by atoms with E-state index in [1.807, 2.05) is 0 Å². The van der Waals surface area contributed by atoms with E-state index < -0.39 is 0 Å². The van der Waals surface area contributed by atoms with Crippen molar-refractivity contribution in [2.75, 3.05) is 13.2 Å². The van der Waals surface area contributed by atoms with Crippen LogP contribution in [-0.4, -0.2) is 25.2 Å². The molecule has 0 saturated carbocycles. The van der Waals surface area contributed by atoms with Crippen LogP contribution < -0.4 is 0 Å². The van der Waals surface area contributed by atoms with Crippen LogP contribution in [0.2, 0.25) is 0 Å². The molecule has 0 aliphatic heterocycles. The van der Waals surface area contributed by atoms with E-state index in [0.717, 1.165) is 38.5 Å². The van der Waals surface area contributed by atoms with E-state index in [4.69, 9.17) is 9.47 Å². The molecular weight excluding hydrogens is 412 g/mol. The van der Waals surface area contributed by atoms with Crippen LogP contribution in [0.1, 0.15) is 156 Å². The van der Waals surface area contributed by atoms with E-state index in [1.54, 1.807) is 0 Å². The number of carbonyl (C=O) groups excluding carboxylic acids is 2. The maximum absolute atomic E-state index is 11.8. The first-order chi connectivity index (χ1) is 16.1. The minimum atomic E-state index is -0.0155.